The maximum Gasteiger partial charge on any atom is 0.175 e. The van der Waals surface area contributed by atoms with Gasteiger partial charge in [-0.2, -0.15) is 0 Å². The molecule has 0 aliphatic heterocycles. The number of hydrogen-bond acceptors (Lipinski definition) is 4. The van der Waals surface area contributed by atoms with Crippen LogP contribution in [0.4, 0.5) is 0 Å². The highest BCUT2D eigenvalue weighted by molar-refractivity contribution is 7.90. The quantitative estimate of drug-likeness (QED) is 0.943. The van der Waals surface area contributed by atoms with Crippen molar-refractivity contribution in [3.8, 4) is 0 Å². The first kappa shape index (κ1) is 14.5. The van der Waals surface area contributed by atoms with E-state index in [1.165, 1.54) is 17.6 Å². The first-order chi connectivity index (χ1) is 8.91. The summed E-state index contributed by atoms with van der Waals surface area (Å²) < 4.78 is 23.9. The largest absolute Gasteiger partial charge is 0.309 e. The van der Waals surface area contributed by atoms with Gasteiger partial charge in [-0.3, -0.25) is 0 Å². The number of hydrogen-bond donors (Lipinski definition) is 1. The second-order valence-electron chi connectivity index (χ2n) is 4.21. The van der Waals surface area contributed by atoms with Gasteiger partial charge < -0.3 is 5.32 Å². The Hall–Kier alpha value is -0.880. The van der Waals surface area contributed by atoms with E-state index in [0.29, 0.717) is 4.90 Å². The zero-order chi connectivity index (χ0) is 14.0. The average Bonchev–Trinajstić information content (AvgIpc) is 2.76. The number of halogens is 1. The molecule has 102 valence electrons. The summed E-state index contributed by atoms with van der Waals surface area (Å²) in [6, 6.07) is 10.7. The summed E-state index contributed by atoms with van der Waals surface area (Å²) in [6.07, 6.45) is 1.21. The lowest BCUT2D eigenvalue weighted by atomic mass is 10.1. The minimum Gasteiger partial charge on any atom is -0.309 e. The Morgan fingerprint density at radius 3 is 2.53 bits per heavy atom. The second kappa shape index (κ2) is 5.63. The highest BCUT2D eigenvalue weighted by atomic mass is 35.5. The van der Waals surface area contributed by atoms with Gasteiger partial charge in [0, 0.05) is 11.1 Å². The highest BCUT2D eigenvalue weighted by Crippen LogP contribution is 2.31. The van der Waals surface area contributed by atoms with E-state index >= 15 is 0 Å². The smallest absolute Gasteiger partial charge is 0.175 e. The van der Waals surface area contributed by atoms with E-state index in [4.69, 9.17) is 11.6 Å². The zero-order valence-corrected chi connectivity index (χ0v) is 12.9. The van der Waals surface area contributed by atoms with Crippen LogP contribution in [0.15, 0.2) is 41.3 Å². The topological polar surface area (TPSA) is 46.2 Å². The predicted molar refractivity (Wildman–Crippen MR) is 79.8 cm³/mol. The van der Waals surface area contributed by atoms with Gasteiger partial charge in [0.05, 0.1) is 15.3 Å². The van der Waals surface area contributed by atoms with Crippen LogP contribution in [0.1, 0.15) is 16.5 Å². The molecule has 0 aliphatic carbocycles. The van der Waals surface area contributed by atoms with Crippen LogP contribution in [0.3, 0.4) is 0 Å². The number of rotatable bonds is 4. The summed E-state index contributed by atoms with van der Waals surface area (Å²) in [5.74, 6) is 0. The number of sulfone groups is 1. The van der Waals surface area contributed by atoms with E-state index in [1.807, 2.05) is 25.2 Å². The Morgan fingerprint density at radius 2 is 2.00 bits per heavy atom. The zero-order valence-electron chi connectivity index (χ0n) is 10.6. The van der Waals surface area contributed by atoms with Crippen LogP contribution in [-0.4, -0.2) is 21.7 Å². The van der Waals surface area contributed by atoms with Crippen molar-refractivity contribution in [3.05, 3.63) is 51.2 Å². The molecule has 0 radical (unpaired) electrons. The first-order valence-corrected chi connectivity index (χ1v) is 8.73. The molecular weight excluding hydrogens is 302 g/mol. The molecule has 0 aliphatic rings. The molecule has 1 unspecified atom stereocenters. The Bertz CT molecular complexity index is 679. The number of thiophene rings is 1. The van der Waals surface area contributed by atoms with Crippen LogP contribution in [0.25, 0.3) is 0 Å². The molecule has 1 N–H and O–H groups in total. The molecule has 3 nitrogen and oxygen atoms in total. The molecular formula is C13H14ClNO2S2. The van der Waals surface area contributed by atoms with Crippen LogP contribution in [-0.2, 0) is 9.84 Å². The van der Waals surface area contributed by atoms with Gasteiger partial charge in [-0.1, -0.05) is 23.7 Å². The molecule has 1 aromatic carbocycles. The van der Waals surface area contributed by atoms with Crippen molar-refractivity contribution in [2.24, 2.45) is 0 Å². The Balaban J connectivity index is 2.45. The Labute approximate surface area is 122 Å². The normalized spacial score (nSPS) is 13.4. The molecule has 2 rings (SSSR count). The van der Waals surface area contributed by atoms with Crippen molar-refractivity contribution in [1.82, 2.24) is 5.32 Å². The van der Waals surface area contributed by atoms with Gasteiger partial charge in [-0.15, -0.1) is 11.3 Å². The molecule has 0 saturated carbocycles. The fourth-order valence-electron chi connectivity index (χ4n) is 1.88. The van der Waals surface area contributed by atoms with Crippen molar-refractivity contribution in [2.75, 3.05) is 13.3 Å². The monoisotopic (exact) mass is 315 g/mol. The summed E-state index contributed by atoms with van der Waals surface area (Å²) in [7, 11) is -1.36. The van der Waals surface area contributed by atoms with Crippen LogP contribution in [0, 0.1) is 0 Å². The number of nitrogens with one attached hydrogen (secondary N) is 1. The van der Waals surface area contributed by atoms with E-state index in [0.717, 1.165) is 14.8 Å². The van der Waals surface area contributed by atoms with E-state index in [1.54, 1.807) is 18.2 Å². The lowest BCUT2D eigenvalue weighted by Gasteiger charge is -2.15. The van der Waals surface area contributed by atoms with Crippen LogP contribution in [0.2, 0.25) is 4.34 Å². The van der Waals surface area contributed by atoms with Crippen LogP contribution in [0.5, 0.6) is 0 Å². The van der Waals surface area contributed by atoms with Gasteiger partial charge in [-0.05, 0) is 36.9 Å². The molecule has 0 amide bonds. The van der Waals surface area contributed by atoms with Gasteiger partial charge in [0.25, 0.3) is 0 Å². The van der Waals surface area contributed by atoms with Crippen molar-refractivity contribution in [1.29, 1.82) is 0 Å². The fourth-order valence-corrected chi connectivity index (χ4v) is 3.76. The van der Waals surface area contributed by atoms with Gasteiger partial charge in [-0.25, -0.2) is 8.42 Å². The van der Waals surface area contributed by atoms with E-state index in [2.05, 4.69) is 5.32 Å². The Morgan fingerprint density at radius 1 is 1.26 bits per heavy atom. The SMILES string of the molecule is CNC(c1cccc(S(C)(=O)=O)c1)c1ccc(Cl)s1. The average molecular weight is 316 g/mol. The van der Waals surface area contributed by atoms with E-state index in [9.17, 15) is 8.42 Å². The van der Waals surface area contributed by atoms with Crippen molar-refractivity contribution >= 4 is 32.8 Å². The molecule has 1 aromatic heterocycles. The second-order valence-corrected chi connectivity index (χ2v) is 7.97. The minimum atomic E-state index is -3.19. The molecule has 6 heteroatoms. The molecule has 0 bridgehead atoms. The van der Waals surface area contributed by atoms with Gasteiger partial charge in [0.1, 0.15) is 0 Å². The summed E-state index contributed by atoms with van der Waals surface area (Å²) in [4.78, 5) is 1.38. The maximum atomic E-state index is 11.6. The summed E-state index contributed by atoms with van der Waals surface area (Å²) in [5.41, 5.74) is 0.906. The van der Waals surface area contributed by atoms with Crippen LogP contribution >= 0.6 is 22.9 Å². The van der Waals surface area contributed by atoms with Crippen LogP contribution < -0.4 is 5.32 Å². The molecule has 0 fully saturated rings. The third-order valence-corrected chi connectivity index (χ3v) is 5.19. The third kappa shape index (κ3) is 3.36. The van der Waals surface area contributed by atoms with Gasteiger partial charge in [0.2, 0.25) is 0 Å². The fraction of sp³-hybridized carbons (Fsp3) is 0.231. The summed E-state index contributed by atoms with van der Waals surface area (Å²) >= 11 is 7.43. The van der Waals surface area contributed by atoms with Gasteiger partial charge in [0.15, 0.2) is 9.84 Å². The van der Waals surface area contributed by atoms with Crippen molar-refractivity contribution < 1.29 is 8.42 Å². The van der Waals surface area contributed by atoms with E-state index < -0.39 is 9.84 Å². The standard InChI is InChI=1S/C13H14ClNO2S2/c1-15-13(11-6-7-12(14)18-11)9-4-3-5-10(8-9)19(2,16)17/h3-8,13,15H,1-2H3. The number of benzene rings is 1. The van der Waals surface area contributed by atoms with Crippen molar-refractivity contribution in [3.63, 3.8) is 0 Å². The maximum absolute atomic E-state index is 11.6. The molecule has 1 heterocycles. The summed E-state index contributed by atoms with van der Waals surface area (Å²) in [5, 5.41) is 3.18. The predicted octanol–water partition coefficient (Wildman–Crippen LogP) is 3.11. The molecule has 2 aromatic rings. The molecule has 0 saturated heterocycles. The van der Waals surface area contributed by atoms with Crippen molar-refractivity contribution in [2.45, 2.75) is 10.9 Å². The Kier molecular flexibility index (Phi) is 4.30. The lowest BCUT2D eigenvalue weighted by Crippen LogP contribution is -2.16. The van der Waals surface area contributed by atoms with Gasteiger partial charge >= 0.3 is 0 Å². The van der Waals surface area contributed by atoms with E-state index in [-0.39, 0.29) is 6.04 Å². The minimum absolute atomic E-state index is 0.0563. The first-order valence-electron chi connectivity index (χ1n) is 5.64. The highest BCUT2D eigenvalue weighted by Gasteiger charge is 2.16. The molecule has 1 atom stereocenters. The molecule has 0 spiro atoms. The molecule has 19 heavy (non-hydrogen) atoms. The third-order valence-electron chi connectivity index (χ3n) is 2.79. The lowest BCUT2D eigenvalue weighted by molar-refractivity contribution is 0.601. The summed E-state index contributed by atoms with van der Waals surface area (Å²) in [6.45, 7) is 0.